The summed E-state index contributed by atoms with van der Waals surface area (Å²) >= 11 is 0.905. The number of thioether (sulfide) groups is 1. The molecule has 0 spiro atoms. The number of hydrogen-bond donors (Lipinski definition) is 2. The van der Waals surface area contributed by atoms with Crippen LogP contribution >= 0.6 is 11.8 Å². The number of aliphatic carboxylic acids is 1. The highest BCUT2D eigenvalue weighted by Crippen LogP contribution is 2.43. The molecule has 1 aliphatic rings. The van der Waals surface area contributed by atoms with E-state index in [0.29, 0.717) is 10.9 Å². The molecule has 0 saturated heterocycles. The van der Waals surface area contributed by atoms with Gasteiger partial charge in [0.15, 0.2) is 6.10 Å². The lowest BCUT2D eigenvalue weighted by Gasteiger charge is -2.19. The number of allylic oxidation sites excluding steroid dienone is 1. The Balaban J connectivity index is 2.02. The van der Waals surface area contributed by atoms with Gasteiger partial charge in [-0.25, -0.2) is 14.0 Å². The minimum atomic E-state index is -4.33. The van der Waals surface area contributed by atoms with E-state index in [1.165, 1.54) is 30.5 Å². The number of nitrogens with zero attached hydrogens (tertiary/aromatic N) is 1. The predicted molar refractivity (Wildman–Crippen MR) is 105 cm³/mol. The van der Waals surface area contributed by atoms with E-state index in [1.54, 1.807) is 20.8 Å². The number of fused-ring (bicyclic) bond motifs is 1. The third kappa shape index (κ3) is 4.20. The van der Waals surface area contributed by atoms with Crippen molar-refractivity contribution in [2.45, 2.75) is 44.3 Å². The predicted octanol–water partition coefficient (Wildman–Crippen LogP) is 4.36. The van der Waals surface area contributed by atoms with Gasteiger partial charge in [-0.2, -0.15) is 8.78 Å². The van der Waals surface area contributed by atoms with Gasteiger partial charge >= 0.3 is 18.0 Å². The minimum Gasteiger partial charge on any atom is -0.477 e. The van der Waals surface area contributed by atoms with Gasteiger partial charge in [0.05, 0.1) is 5.52 Å². The Bertz CT molecular complexity index is 1040. The second kappa shape index (κ2) is 7.66. The largest absolute Gasteiger partial charge is 0.477 e. The summed E-state index contributed by atoms with van der Waals surface area (Å²) in [6.45, 7) is 5.06. The molecule has 162 valence electrons. The first-order valence-electron chi connectivity index (χ1n) is 8.99. The van der Waals surface area contributed by atoms with Crippen molar-refractivity contribution in [3.05, 3.63) is 46.8 Å². The molecule has 2 N–H and O–H groups in total. The number of carbonyl (C=O) groups excluding carboxylic acids is 1. The lowest BCUT2D eigenvalue weighted by atomic mass is 9.99. The van der Waals surface area contributed by atoms with Crippen molar-refractivity contribution in [3.8, 4) is 0 Å². The summed E-state index contributed by atoms with van der Waals surface area (Å²) < 4.78 is 47.7. The number of carboxylic acid groups (broad SMARTS) is 1. The van der Waals surface area contributed by atoms with E-state index in [-0.39, 0.29) is 16.2 Å². The number of alkyl halides is 2. The van der Waals surface area contributed by atoms with Crippen LogP contribution < -0.4 is 0 Å². The Morgan fingerprint density at radius 2 is 1.97 bits per heavy atom. The van der Waals surface area contributed by atoms with Gasteiger partial charge in [-0.15, -0.1) is 11.8 Å². The maximum atomic E-state index is 13.8. The molecule has 0 aliphatic carbocycles. The van der Waals surface area contributed by atoms with Crippen LogP contribution in [0.3, 0.4) is 0 Å². The third-order valence-corrected chi connectivity index (χ3v) is 5.70. The zero-order valence-electron chi connectivity index (χ0n) is 16.4. The van der Waals surface area contributed by atoms with Crippen LogP contribution in [0.1, 0.15) is 32.3 Å². The number of benzene rings is 1. The first kappa shape index (κ1) is 22.2. The second-order valence-electron chi connectivity index (χ2n) is 7.91. The molecule has 30 heavy (non-hydrogen) atoms. The monoisotopic (exact) mass is 443 g/mol. The molecule has 1 aromatic carbocycles. The van der Waals surface area contributed by atoms with Crippen molar-refractivity contribution in [3.63, 3.8) is 0 Å². The van der Waals surface area contributed by atoms with Crippen molar-refractivity contribution in [2.24, 2.45) is 0 Å². The highest BCUT2D eigenvalue weighted by molar-refractivity contribution is 8.03. The highest BCUT2D eigenvalue weighted by atomic mass is 32.2. The molecule has 0 radical (unpaired) electrons. The molecule has 6 nitrogen and oxygen atoms in total. The standard InChI is InChI=1S/C20H20F3NO5S/c1-19(2,3)29-18(28)24-8-13(12-5-4-11(21)7-14(12)24)10-6-15(30-9-10)16(25)20(22,23)17(26)27/h4-8,10,16,25H,9H2,1-3H3,(H,26,27). The van der Waals surface area contributed by atoms with Gasteiger partial charge in [-0.1, -0.05) is 6.08 Å². The molecular weight excluding hydrogens is 423 g/mol. The first-order valence-corrected chi connectivity index (χ1v) is 9.97. The third-order valence-electron chi connectivity index (χ3n) is 4.48. The Labute approximate surface area is 174 Å². The maximum Gasteiger partial charge on any atom is 0.419 e. The van der Waals surface area contributed by atoms with Gasteiger partial charge in [0, 0.05) is 28.2 Å². The summed E-state index contributed by atoms with van der Waals surface area (Å²) in [5.41, 5.74) is 0.0102. The fourth-order valence-electron chi connectivity index (χ4n) is 3.11. The average molecular weight is 443 g/mol. The zero-order chi connectivity index (χ0) is 22.4. The Kier molecular flexibility index (Phi) is 5.68. The molecule has 10 heteroatoms. The number of aromatic nitrogens is 1. The number of carboxylic acids is 1. The molecule has 0 amide bonds. The fourth-order valence-corrected chi connectivity index (χ4v) is 4.32. The normalized spacial score (nSPS) is 18.4. The van der Waals surface area contributed by atoms with E-state index in [9.17, 15) is 27.9 Å². The lowest BCUT2D eigenvalue weighted by molar-refractivity contribution is -0.177. The van der Waals surface area contributed by atoms with Crippen molar-refractivity contribution in [1.29, 1.82) is 0 Å². The van der Waals surface area contributed by atoms with Gasteiger partial charge in [-0.05, 0) is 44.5 Å². The number of ether oxygens (including phenoxy) is 1. The van der Waals surface area contributed by atoms with Crippen LogP contribution in [0.5, 0.6) is 0 Å². The summed E-state index contributed by atoms with van der Waals surface area (Å²) in [6.07, 6.45) is -0.410. The van der Waals surface area contributed by atoms with Gasteiger partial charge < -0.3 is 14.9 Å². The van der Waals surface area contributed by atoms with Gasteiger partial charge in [0.25, 0.3) is 0 Å². The number of aliphatic hydroxyl groups is 1. The van der Waals surface area contributed by atoms with Crippen molar-refractivity contribution in [2.75, 3.05) is 5.75 Å². The van der Waals surface area contributed by atoms with Crippen LogP contribution in [0.25, 0.3) is 10.9 Å². The van der Waals surface area contributed by atoms with Crippen LogP contribution in [0.2, 0.25) is 0 Å². The molecule has 2 heterocycles. The highest BCUT2D eigenvalue weighted by Gasteiger charge is 2.49. The number of aliphatic hydroxyl groups excluding tert-OH is 1. The quantitative estimate of drug-likeness (QED) is 0.730. The van der Waals surface area contributed by atoms with Gasteiger partial charge in [-0.3, -0.25) is 4.57 Å². The molecule has 1 aliphatic heterocycles. The average Bonchev–Trinajstić information content (AvgIpc) is 3.23. The summed E-state index contributed by atoms with van der Waals surface area (Å²) in [6, 6.07) is 3.86. The zero-order valence-corrected chi connectivity index (χ0v) is 17.2. The fraction of sp³-hybridized carbons (Fsp3) is 0.400. The smallest absolute Gasteiger partial charge is 0.419 e. The number of halogens is 3. The minimum absolute atomic E-state index is 0.173. The van der Waals surface area contributed by atoms with E-state index in [1.807, 2.05) is 0 Å². The van der Waals surface area contributed by atoms with E-state index >= 15 is 0 Å². The summed E-state index contributed by atoms with van der Waals surface area (Å²) in [5, 5.41) is 19.0. The molecule has 2 atom stereocenters. The first-order chi connectivity index (χ1) is 13.8. The van der Waals surface area contributed by atoms with E-state index in [0.717, 1.165) is 16.3 Å². The Morgan fingerprint density at radius 3 is 2.57 bits per heavy atom. The van der Waals surface area contributed by atoms with Crippen molar-refractivity contribution < 1.29 is 37.7 Å². The van der Waals surface area contributed by atoms with Crippen LogP contribution in [-0.4, -0.2) is 50.2 Å². The summed E-state index contributed by atoms with van der Waals surface area (Å²) in [4.78, 5) is 23.1. The van der Waals surface area contributed by atoms with E-state index in [4.69, 9.17) is 9.84 Å². The number of hydrogen-bond acceptors (Lipinski definition) is 5. The Hall–Kier alpha value is -2.46. The van der Waals surface area contributed by atoms with Gasteiger partial charge in [0.2, 0.25) is 0 Å². The molecule has 0 fully saturated rings. The van der Waals surface area contributed by atoms with Crippen LogP contribution in [0.15, 0.2) is 35.4 Å². The topological polar surface area (TPSA) is 88.8 Å². The number of carbonyl (C=O) groups is 2. The van der Waals surface area contributed by atoms with Crippen LogP contribution in [0, 0.1) is 5.82 Å². The SMILES string of the molecule is CC(C)(C)OC(=O)n1cc(C2C=C(C(O)C(F)(F)C(=O)O)SC2)c2ccc(F)cc21. The van der Waals surface area contributed by atoms with E-state index in [2.05, 4.69) is 0 Å². The molecule has 2 aromatic rings. The van der Waals surface area contributed by atoms with Crippen molar-refractivity contribution in [1.82, 2.24) is 4.57 Å². The molecule has 2 unspecified atom stereocenters. The summed E-state index contributed by atoms with van der Waals surface area (Å²) in [5.74, 6) is -7.57. The molecule has 0 saturated carbocycles. The lowest BCUT2D eigenvalue weighted by Crippen LogP contribution is -2.41. The van der Waals surface area contributed by atoms with E-state index < -0.39 is 41.4 Å². The Morgan fingerprint density at radius 1 is 1.30 bits per heavy atom. The maximum absolute atomic E-state index is 13.8. The van der Waals surface area contributed by atoms with Crippen LogP contribution in [-0.2, 0) is 9.53 Å². The molecular formula is C20H20F3NO5S. The number of rotatable bonds is 4. The van der Waals surface area contributed by atoms with Crippen molar-refractivity contribution >= 4 is 34.7 Å². The molecule has 3 rings (SSSR count). The second-order valence-corrected chi connectivity index (χ2v) is 9.01. The van der Waals surface area contributed by atoms with Gasteiger partial charge in [0.1, 0.15) is 11.4 Å². The molecule has 0 bridgehead atoms. The molecule has 1 aromatic heterocycles. The summed E-state index contributed by atoms with van der Waals surface area (Å²) in [7, 11) is 0. The van der Waals surface area contributed by atoms with Crippen LogP contribution in [0.4, 0.5) is 18.0 Å².